The molecule has 130 valence electrons. The van der Waals surface area contributed by atoms with Gasteiger partial charge in [0.25, 0.3) is 0 Å². The van der Waals surface area contributed by atoms with Gasteiger partial charge >= 0.3 is 0 Å². The summed E-state index contributed by atoms with van der Waals surface area (Å²) in [6, 6.07) is 0. The molecule has 2 aliphatic rings. The van der Waals surface area contributed by atoms with Gasteiger partial charge in [-0.3, -0.25) is 0 Å². The Morgan fingerprint density at radius 3 is 2.23 bits per heavy atom. The van der Waals surface area contributed by atoms with Gasteiger partial charge in [0.05, 0.1) is 12.7 Å². The lowest BCUT2D eigenvalue weighted by molar-refractivity contribution is -0.0647. The molecule has 0 heterocycles. The number of hydrogen-bond acceptors (Lipinski definition) is 1. The van der Waals surface area contributed by atoms with Gasteiger partial charge in [0, 0.05) is 0 Å². The zero-order chi connectivity index (χ0) is 16.5. The molecule has 2 fully saturated rings. The molecular weight excluding hydrogens is 268 g/mol. The molecule has 0 saturated heterocycles. The van der Waals surface area contributed by atoms with E-state index in [2.05, 4.69) is 48.5 Å². The van der Waals surface area contributed by atoms with E-state index in [1.54, 1.807) is 0 Å². The summed E-state index contributed by atoms with van der Waals surface area (Å²) >= 11 is 0. The SMILES string of the molecule is CC1CCC(C(C)CC2CC2C)C(OCC(C)C(C)(C)C)C1. The van der Waals surface area contributed by atoms with Crippen LogP contribution in [0.3, 0.4) is 0 Å². The molecule has 7 atom stereocenters. The van der Waals surface area contributed by atoms with Crippen molar-refractivity contribution in [2.75, 3.05) is 6.61 Å². The molecule has 0 N–H and O–H groups in total. The third-order valence-electron chi connectivity index (χ3n) is 6.83. The van der Waals surface area contributed by atoms with Crippen LogP contribution in [0.5, 0.6) is 0 Å². The van der Waals surface area contributed by atoms with E-state index in [4.69, 9.17) is 4.74 Å². The average Bonchev–Trinajstić information content (AvgIpc) is 3.10. The van der Waals surface area contributed by atoms with Crippen molar-refractivity contribution >= 4 is 0 Å². The minimum atomic E-state index is 0.352. The van der Waals surface area contributed by atoms with Crippen molar-refractivity contribution in [3.8, 4) is 0 Å². The highest BCUT2D eigenvalue weighted by Gasteiger charge is 2.39. The van der Waals surface area contributed by atoms with Crippen LogP contribution >= 0.6 is 0 Å². The summed E-state index contributed by atoms with van der Waals surface area (Å²) in [6.45, 7) is 17.6. The quantitative estimate of drug-likeness (QED) is 0.570. The van der Waals surface area contributed by atoms with E-state index in [9.17, 15) is 0 Å². The molecule has 0 bridgehead atoms. The van der Waals surface area contributed by atoms with E-state index in [0.29, 0.717) is 17.4 Å². The second kappa shape index (κ2) is 7.24. The Balaban J connectivity index is 1.88. The number of hydrogen-bond donors (Lipinski definition) is 0. The number of rotatable bonds is 6. The summed E-state index contributed by atoms with van der Waals surface area (Å²) in [6.07, 6.45) is 7.50. The van der Waals surface area contributed by atoms with Gasteiger partial charge in [-0.1, -0.05) is 54.9 Å². The first-order valence-corrected chi connectivity index (χ1v) is 9.80. The van der Waals surface area contributed by atoms with Gasteiger partial charge in [-0.15, -0.1) is 0 Å². The van der Waals surface area contributed by atoms with E-state index >= 15 is 0 Å². The average molecular weight is 309 g/mol. The van der Waals surface area contributed by atoms with Crippen LogP contribution < -0.4 is 0 Å². The zero-order valence-electron chi connectivity index (χ0n) is 16.2. The summed E-state index contributed by atoms with van der Waals surface area (Å²) in [7, 11) is 0. The molecule has 0 radical (unpaired) electrons. The van der Waals surface area contributed by atoms with Crippen molar-refractivity contribution in [2.45, 2.75) is 86.7 Å². The standard InChI is InChI=1S/C21H40O/c1-14-8-9-19(16(3)12-18-11-15(18)2)20(10-14)22-13-17(4)21(5,6)7/h14-20H,8-13H2,1-7H3. The lowest BCUT2D eigenvalue weighted by Crippen LogP contribution is -2.37. The largest absolute Gasteiger partial charge is 0.378 e. The van der Waals surface area contributed by atoms with Crippen molar-refractivity contribution in [2.24, 2.45) is 40.9 Å². The van der Waals surface area contributed by atoms with Crippen LogP contribution in [-0.2, 0) is 4.74 Å². The fourth-order valence-electron chi connectivity index (χ4n) is 4.09. The van der Waals surface area contributed by atoms with E-state index in [1.807, 2.05) is 0 Å². The maximum atomic E-state index is 6.50. The third-order valence-corrected chi connectivity index (χ3v) is 6.83. The van der Waals surface area contributed by atoms with Gasteiger partial charge in [-0.2, -0.15) is 0 Å². The molecule has 1 heteroatoms. The third kappa shape index (κ3) is 4.98. The maximum Gasteiger partial charge on any atom is 0.0608 e. The van der Waals surface area contributed by atoms with Crippen molar-refractivity contribution in [3.63, 3.8) is 0 Å². The molecule has 22 heavy (non-hydrogen) atoms. The highest BCUT2D eigenvalue weighted by molar-refractivity contribution is 4.89. The van der Waals surface area contributed by atoms with E-state index < -0.39 is 0 Å². The highest BCUT2D eigenvalue weighted by atomic mass is 16.5. The number of ether oxygens (including phenoxy) is 1. The van der Waals surface area contributed by atoms with Crippen LogP contribution in [0.4, 0.5) is 0 Å². The first-order valence-electron chi connectivity index (χ1n) is 9.80. The predicted octanol–water partition coefficient (Wildman–Crippen LogP) is 6.17. The van der Waals surface area contributed by atoms with Crippen molar-refractivity contribution in [1.29, 1.82) is 0 Å². The molecule has 0 aromatic rings. The smallest absolute Gasteiger partial charge is 0.0608 e. The topological polar surface area (TPSA) is 9.23 Å². The first kappa shape index (κ1) is 18.3. The molecule has 0 aliphatic heterocycles. The summed E-state index contributed by atoms with van der Waals surface area (Å²) in [5, 5.41) is 0. The summed E-state index contributed by atoms with van der Waals surface area (Å²) in [5.74, 6) is 5.13. The second-order valence-corrected chi connectivity index (χ2v) is 9.91. The summed E-state index contributed by atoms with van der Waals surface area (Å²) < 4.78 is 6.50. The minimum Gasteiger partial charge on any atom is -0.378 e. The monoisotopic (exact) mass is 308 g/mol. The molecule has 0 spiro atoms. The first-order chi connectivity index (χ1) is 10.2. The van der Waals surface area contributed by atoms with Gasteiger partial charge in [-0.05, 0) is 66.6 Å². The summed E-state index contributed by atoms with van der Waals surface area (Å²) in [4.78, 5) is 0. The lowest BCUT2D eigenvalue weighted by Gasteiger charge is -2.40. The molecule has 2 saturated carbocycles. The Labute approximate surface area is 139 Å². The fourth-order valence-corrected chi connectivity index (χ4v) is 4.09. The molecular formula is C21H40O. The van der Waals surface area contributed by atoms with Crippen LogP contribution in [-0.4, -0.2) is 12.7 Å². The van der Waals surface area contributed by atoms with Gasteiger partial charge in [0.15, 0.2) is 0 Å². The van der Waals surface area contributed by atoms with Crippen molar-refractivity contribution < 1.29 is 4.74 Å². The zero-order valence-corrected chi connectivity index (χ0v) is 16.2. The molecule has 2 aliphatic carbocycles. The van der Waals surface area contributed by atoms with Crippen molar-refractivity contribution in [1.82, 2.24) is 0 Å². The second-order valence-electron chi connectivity index (χ2n) is 9.91. The van der Waals surface area contributed by atoms with E-state index in [-0.39, 0.29) is 0 Å². The van der Waals surface area contributed by atoms with Gasteiger partial charge in [0.2, 0.25) is 0 Å². The molecule has 0 aromatic carbocycles. The molecule has 7 unspecified atom stereocenters. The Kier molecular flexibility index (Phi) is 6.02. The highest BCUT2D eigenvalue weighted by Crippen LogP contribution is 2.46. The van der Waals surface area contributed by atoms with Gasteiger partial charge < -0.3 is 4.74 Å². The van der Waals surface area contributed by atoms with Gasteiger partial charge in [-0.25, -0.2) is 0 Å². The van der Waals surface area contributed by atoms with E-state index in [1.165, 1.54) is 32.1 Å². The Hall–Kier alpha value is -0.0400. The molecule has 2 rings (SSSR count). The lowest BCUT2D eigenvalue weighted by atomic mass is 9.73. The van der Waals surface area contributed by atoms with Crippen LogP contribution in [0.2, 0.25) is 0 Å². The van der Waals surface area contributed by atoms with Crippen LogP contribution in [0.25, 0.3) is 0 Å². The summed E-state index contributed by atoms with van der Waals surface area (Å²) in [5.41, 5.74) is 0.352. The molecule has 0 aromatic heterocycles. The van der Waals surface area contributed by atoms with Gasteiger partial charge in [0.1, 0.15) is 0 Å². The molecule has 0 amide bonds. The van der Waals surface area contributed by atoms with Crippen LogP contribution in [0, 0.1) is 40.9 Å². The maximum absolute atomic E-state index is 6.50. The normalized spacial score (nSPS) is 38.6. The Morgan fingerprint density at radius 1 is 1.05 bits per heavy atom. The Bertz CT molecular complexity index is 342. The predicted molar refractivity (Wildman–Crippen MR) is 95.9 cm³/mol. The van der Waals surface area contributed by atoms with E-state index in [0.717, 1.165) is 36.2 Å². The van der Waals surface area contributed by atoms with Crippen molar-refractivity contribution in [3.05, 3.63) is 0 Å². The molecule has 1 nitrogen and oxygen atoms in total. The Morgan fingerprint density at radius 2 is 1.68 bits per heavy atom. The van der Waals surface area contributed by atoms with Crippen LogP contribution in [0.1, 0.15) is 80.6 Å². The van der Waals surface area contributed by atoms with Crippen LogP contribution in [0.15, 0.2) is 0 Å². The fraction of sp³-hybridized carbons (Fsp3) is 1.00. The minimum absolute atomic E-state index is 0.352.